The number of benzene rings is 1. The molecule has 7 rings (SSSR count). The van der Waals surface area contributed by atoms with Crippen molar-refractivity contribution >= 4 is 60.7 Å². The highest BCUT2D eigenvalue weighted by molar-refractivity contribution is 7.19. The van der Waals surface area contributed by atoms with Crippen LogP contribution in [0.25, 0.3) is 20.4 Å². The number of aryl methyl sites for hydroxylation is 1. The summed E-state index contributed by atoms with van der Waals surface area (Å²) < 4.78 is 10.6. The van der Waals surface area contributed by atoms with E-state index in [4.69, 9.17) is 4.74 Å². The van der Waals surface area contributed by atoms with Crippen LogP contribution in [0.4, 0.5) is 11.5 Å². The van der Waals surface area contributed by atoms with Crippen LogP contribution in [0.1, 0.15) is 23.3 Å². The number of fused-ring (bicyclic) bond motifs is 6. The Kier molecular flexibility index (Phi) is 4.94. The SMILES string of the molecule is COc1cc2nnsc2cc1Nc1ncnc2sc3c(c12)CC[C@H](C(=O)N1C[C@@H]2C[C@H]1CN2C)C3. The lowest BCUT2D eigenvalue weighted by molar-refractivity contribution is -0.138. The molecule has 4 aromatic rings. The lowest BCUT2D eigenvalue weighted by atomic mass is 9.86. The van der Waals surface area contributed by atoms with Gasteiger partial charge in [-0.05, 0) is 55.9 Å². The number of aromatic nitrogens is 4. The van der Waals surface area contributed by atoms with Gasteiger partial charge in [0, 0.05) is 42.0 Å². The quantitative estimate of drug-likeness (QED) is 0.449. The van der Waals surface area contributed by atoms with E-state index in [9.17, 15) is 4.79 Å². The number of likely N-dealkylation sites (tertiary alicyclic amines) is 2. The Bertz CT molecular complexity index is 1470. The monoisotopic (exact) mass is 507 g/mol. The highest BCUT2D eigenvalue weighted by Gasteiger charge is 2.45. The predicted octanol–water partition coefficient (Wildman–Crippen LogP) is 3.47. The van der Waals surface area contributed by atoms with Gasteiger partial charge in [-0.3, -0.25) is 9.69 Å². The van der Waals surface area contributed by atoms with Crippen molar-refractivity contribution in [1.82, 2.24) is 29.4 Å². The molecule has 2 aliphatic heterocycles. The minimum atomic E-state index is 0.0610. The van der Waals surface area contributed by atoms with Crippen LogP contribution in [-0.4, -0.2) is 74.6 Å². The largest absolute Gasteiger partial charge is 0.494 e. The second-order valence-electron chi connectivity index (χ2n) is 9.74. The molecule has 2 fully saturated rings. The second kappa shape index (κ2) is 8.07. The summed E-state index contributed by atoms with van der Waals surface area (Å²) in [6, 6.07) is 4.82. The predicted molar refractivity (Wildman–Crippen MR) is 137 cm³/mol. The Labute approximate surface area is 210 Å². The highest BCUT2D eigenvalue weighted by atomic mass is 32.1. The molecule has 35 heavy (non-hydrogen) atoms. The van der Waals surface area contributed by atoms with Gasteiger partial charge in [0.25, 0.3) is 0 Å². The summed E-state index contributed by atoms with van der Waals surface area (Å²) in [4.78, 5) is 29.4. The van der Waals surface area contributed by atoms with Crippen LogP contribution in [0.15, 0.2) is 18.5 Å². The summed E-state index contributed by atoms with van der Waals surface area (Å²) in [6.45, 7) is 1.89. The molecule has 3 aromatic heterocycles. The number of nitrogens with one attached hydrogen (secondary N) is 1. The highest BCUT2D eigenvalue weighted by Crippen LogP contribution is 2.43. The zero-order valence-corrected chi connectivity index (χ0v) is 21.2. The average molecular weight is 508 g/mol. The van der Waals surface area contributed by atoms with Gasteiger partial charge in [0.05, 0.1) is 22.9 Å². The molecule has 2 bridgehead atoms. The van der Waals surface area contributed by atoms with Gasteiger partial charge in [0.1, 0.15) is 28.2 Å². The summed E-state index contributed by atoms with van der Waals surface area (Å²) in [5, 5.41) is 8.69. The molecule has 5 heterocycles. The molecule has 1 aliphatic carbocycles. The molecule has 0 radical (unpaired) electrons. The number of methoxy groups -OCH3 is 1. The summed E-state index contributed by atoms with van der Waals surface area (Å²) in [7, 11) is 3.82. The summed E-state index contributed by atoms with van der Waals surface area (Å²) in [5.41, 5.74) is 2.91. The van der Waals surface area contributed by atoms with Crippen LogP contribution >= 0.6 is 22.9 Å². The minimum Gasteiger partial charge on any atom is -0.494 e. The van der Waals surface area contributed by atoms with E-state index in [0.717, 1.165) is 70.7 Å². The molecule has 1 aromatic carbocycles. The molecular formula is C24H25N7O2S2. The third kappa shape index (κ3) is 3.40. The molecule has 0 spiro atoms. The van der Waals surface area contributed by atoms with E-state index < -0.39 is 0 Å². The Hall–Kier alpha value is -2.89. The number of likely N-dealkylation sites (N-methyl/N-ethyl adjacent to an activating group) is 1. The Balaban J connectivity index is 1.19. The number of anilines is 2. The van der Waals surface area contributed by atoms with Gasteiger partial charge in [-0.1, -0.05) is 4.49 Å². The van der Waals surface area contributed by atoms with Crippen LogP contribution in [-0.2, 0) is 17.6 Å². The van der Waals surface area contributed by atoms with E-state index in [1.54, 1.807) is 24.8 Å². The van der Waals surface area contributed by atoms with Crippen molar-refractivity contribution in [2.24, 2.45) is 5.92 Å². The molecule has 1 amide bonds. The fraction of sp³-hybridized carbons (Fsp3) is 0.458. The topological polar surface area (TPSA) is 96.4 Å². The molecule has 0 unspecified atom stereocenters. The number of amides is 1. The Morgan fingerprint density at radius 2 is 2.14 bits per heavy atom. The Morgan fingerprint density at radius 1 is 1.23 bits per heavy atom. The molecular weight excluding hydrogens is 482 g/mol. The fourth-order valence-electron chi connectivity index (χ4n) is 5.99. The van der Waals surface area contributed by atoms with Gasteiger partial charge in [0.2, 0.25) is 5.91 Å². The van der Waals surface area contributed by atoms with E-state index >= 15 is 0 Å². The van der Waals surface area contributed by atoms with Crippen molar-refractivity contribution in [1.29, 1.82) is 0 Å². The van der Waals surface area contributed by atoms with E-state index in [0.29, 0.717) is 23.7 Å². The van der Waals surface area contributed by atoms with Gasteiger partial charge in [-0.15, -0.1) is 16.4 Å². The molecule has 180 valence electrons. The number of carbonyl (C=O) groups excluding carboxylic acids is 1. The number of nitrogens with zero attached hydrogens (tertiary/aromatic N) is 6. The second-order valence-corrected chi connectivity index (χ2v) is 11.6. The van der Waals surface area contributed by atoms with E-state index in [2.05, 4.69) is 41.7 Å². The van der Waals surface area contributed by atoms with Crippen LogP contribution in [0.5, 0.6) is 5.75 Å². The van der Waals surface area contributed by atoms with Gasteiger partial charge in [-0.2, -0.15) is 0 Å². The van der Waals surface area contributed by atoms with E-state index in [1.165, 1.54) is 22.0 Å². The number of ether oxygens (including phenoxy) is 1. The first kappa shape index (κ1) is 21.4. The maximum Gasteiger partial charge on any atom is 0.226 e. The number of thiophene rings is 1. The van der Waals surface area contributed by atoms with Crippen LogP contribution < -0.4 is 10.1 Å². The molecule has 3 atom stereocenters. The normalized spacial score (nSPS) is 23.8. The van der Waals surface area contributed by atoms with Crippen molar-refractivity contribution in [3.63, 3.8) is 0 Å². The molecule has 11 heteroatoms. The third-order valence-corrected chi connectivity index (χ3v) is 9.66. The number of carbonyl (C=O) groups is 1. The van der Waals surface area contributed by atoms with Crippen molar-refractivity contribution in [3.05, 3.63) is 28.9 Å². The van der Waals surface area contributed by atoms with Crippen molar-refractivity contribution in [2.45, 2.75) is 37.8 Å². The molecule has 9 nitrogen and oxygen atoms in total. The van der Waals surface area contributed by atoms with Crippen LogP contribution in [0.2, 0.25) is 0 Å². The first-order valence-corrected chi connectivity index (χ1v) is 13.5. The third-order valence-electron chi connectivity index (χ3n) is 7.81. The van der Waals surface area contributed by atoms with Crippen LogP contribution in [0, 0.1) is 5.92 Å². The van der Waals surface area contributed by atoms with E-state index in [1.807, 2.05) is 12.1 Å². The van der Waals surface area contributed by atoms with E-state index in [-0.39, 0.29) is 5.92 Å². The minimum absolute atomic E-state index is 0.0610. The molecule has 3 aliphatic rings. The van der Waals surface area contributed by atoms with Gasteiger partial charge in [-0.25, -0.2) is 9.97 Å². The maximum absolute atomic E-state index is 13.4. The molecule has 2 saturated heterocycles. The van der Waals surface area contributed by atoms with Crippen molar-refractivity contribution in [3.8, 4) is 5.75 Å². The number of piperazine rings is 1. The lowest BCUT2D eigenvalue weighted by Crippen LogP contribution is -2.49. The fourth-order valence-corrected chi connectivity index (χ4v) is 7.84. The zero-order valence-electron chi connectivity index (χ0n) is 19.5. The molecule has 1 N–H and O–H groups in total. The number of hydrogen-bond donors (Lipinski definition) is 1. The summed E-state index contributed by atoms with van der Waals surface area (Å²) >= 11 is 3.05. The van der Waals surface area contributed by atoms with Crippen molar-refractivity contribution in [2.75, 3.05) is 32.6 Å². The zero-order chi connectivity index (χ0) is 23.7. The van der Waals surface area contributed by atoms with Crippen molar-refractivity contribution < 1.29 is 9.53 Å². The number of rotatable bonds is 4. The first-order chi connectivity index (χ1) is 17.1. The average Bonchev–Trinajstić information content (AvgIpc) is 3.64. The maximum atomic E-state index is 13.4. The molecule has 0 saturated carbocycles. The smallest absolute Gasteiger partial charge is 0.226 e. The number of hydrogen-bond acceptors (Lipinski definition) is 10. The first-order valence-electron chi connectivity index (χ1n) is 11.9. The van der Waals surface area contributed by atoms with Crippen LogP contribution in [0.3, 0.4) is 0 Å². The standard InChI is InChI=1S/C24H25N7O2S2/c1-30-9-14-6-13(30)10-31(14)24(32)12-3-4-15-19(5-12)34-23-21(15)22(25-11-26-23)27-16-8-20-17(28-29-35-20)7-18(16)33-2/h7-8,11-14H,3-6,9-10H2,1-2H3,(H,25,26,27)/t12-,13-,14-/m0/s1. The Morgan fingerprint density at radius 3 is 2.94 bits per heavy atom. The van der Waals surface area contributed by atoms with Gasteiger partial charge in [0.15, 0.2) is 0 Å². The van der Waals surface area contributed by atoms with Gasteiger partial charge < -0.3 is 15.0 Å². The lowest BCUT2D eigenvalue weighted by Gasteiger charge is -2.35. The van der Waals surface area contributed by atoms with Gasteiger partial charge >= 0.3 is 0 Å². The summed E-state index contributed by atoms with van der Waals surface area (Å²) in [6.07, 6.45) is 5.26. The summed E-state index contributed by atoms with van der Waals surface area (Å²) in [5.74, 6) is 1.87.